The van der Waals surface area contributed by atoms with Crippen molar-refractivity contribution in [1.82, 2.24) is 25.1 Å². The summed E-state index contributed by atoms with van der Waals surface area (Å²) in [6.07, 6.45) is 0.398. The molecule has 1 atom stereocenters. The average Bonchev–Trinajstić information content (AvgIpc) is 3.20. The molecular weight excluding hydrogens is 532 g/mol. The molecule has 0 aliphatic carbocycles. The molecule has 1 aromatic heterocycles. The number of nitrogens with two attached hydrogens (primary N) is 1. The Kier molecular flexibility index (Phi) is 8.10. The van der Waals surface area contributed by atoms with Crippen LogP contribution in [-0.2, 0) is 19.1 Å². The Hall–Kier alpha value is -4.59. The van der Waals surface area contributed by atoms with Crippen LogP contribution in [0.5, 0.6) is 0 Å². The van der Waals surface area contributed by atoms with E-state index in [4.69, 9.17) is 10.5 Å². The summed E-state index contributed by atoms with van der Waals surface area (Å²) in [6, 6.07) is 5.59. The number of aromatic nitrogens is 2. The van der Waals surface area contributed by atoms with E-state index in [2.05, 4.69) is 25.5 Å². The van der Waals surface area contributed by atoms with E-state index in [-0.39, 0.29) is 49.5 Å². The number of piperidine rings is 1. The fourth-order valence-corrected chi connectivity index (χ4v) is 5.26. The monoisotopic (exact) mass is 564 g/mol. The number of carbonyl (C=O) groups excluding carboxylic acids is 5. The van der Waals surface area contributed by atoms with Crippen LogP contribution >= 0.6 is 0 Å². The second-order valence-corrected chi connectivity index (χ2v) is 10.0. The summed E-state index contributed by atoms with van der Waals surface area (Å²) >= 11 is 0. The Morgan fingerprint density at radius 1 is 1.10 bits per heavy atom. The van der Waals surface area contributed by atoms with Crippen molar-refractivity contribution >= 4 is 46.9 Å². The number of rotatable bonds is 9. The van der Waals surface area contributed by atoms with E-state index in [1.165, 1.54) is 0 Å². The first-order valence-electron chi connectivity index (χ1n) is 13.5. The lowest BCUT2D eigenvalue weighted by Gasteiger charge is -2.35. The second-order valence-electron chi connectivity index (χ2n) is 10.0. The van der Waals surface area contributed by atoms with Crippen molar-refractivity contribution in [2.75, 3.05) is 61.9 Å². The Morgan fingerprint density at radius 3 is 2.61 bits per heavy atom. The number of nitrogens with one attached hydrogen (secondary N) is 2. The molecule has 4 N–H and O–H groups in total. The molecule has 2 saturated heterocycles. The van der Waals surface area contributed by atoms with Crippen molar-refractivity contribution in [3.05, 3.63) is 41.2 Å². The number of benzene rings is 1. The van der Waals surface area contributed by atoms with Crippen molar-refractivity contribution in [3.63, 3.8) is 0 Å². The molecule has 2 fully saturated rings. The number of imide groups is 2. The number of carbonyl (C=O) groups is 5. The number of hydrogen-bond acceptors (Lipinski definition) is 11. The molecule has 3 aliphatic heterocycles. The molecule has 216 valence electrons. The van der Waals surface area contributed by atoms with Crippen LogP contribution in [0, 0.1) is 6.92 Å². The van der Waals surface area contributed by atoms with Gasteiger partial charge in [0.05, 0.1) is 30.8 Å². The van der Waals surface area contributed by atoms with Crippen LogP contribution in [-0.4, -0.2) is 101 Å². The zero-order valence-electron chi connectivity index (χ0n) is 22.7. The lowest BCUT2D eigenvalue weighted by atomic mass is 10.0. The number of hydrogen-bond donors (Lipinski definition) is 3. The predicted molar refractivity (Wildman–Crippen MR) is 147 cm³/mol. The van der Waals surface area contributed by atoms with Crippen LogP contribution in [0.15, 0.2) is 24.3 Å². The van der Waals surface area contributed by atoms with Gasteiger partial charge in [-0.1, -0.05) is 6.07 Å². The van der Waals surface area contributed by atoms with E-state index in [9.17, 15) is 24.0 Å². The van der Waals surface area contributed by atoms with E-state index < -0.39 is 29.7 Å². The lowest BCUT2D eigenvalue weighted by Crippen LogP contribution is -2.54. The first kappa shape index (κ1) is 28.0. The number of nitrogens with zero attached hydrogens (tertiary/aromatic N) is 5. The molecule has 1 aromatic carbocycles. The number of fused-ring (bicyclic) bond motifs is 1. The maximum atomic E-state index is 13.2. The van der Waals surface area contributed by atoms with Gasteiger partial charge in [-0.05, 0) is 25.5 Å². The van der Waals surface area contributed by atoms with Gasteiger partial charge in [0.1, 0.15) is 23.5 Å². The Labute approximate surface area is 236 Å². The molecular formula is C27H32N8O6. The topological polar surface area (TPSA) is 180 Å². The number of piperazine rings is 1. The van der Waals surface area contributed by atoms with Gasteiger partial charge in [0.15, 0.2) is 0 Å². The summed E-state index contributed by atoms with van der Waals surface area (Å²) in [6.45, 7) is 5.10. The standard InChI is InChI=1S/C27H32N8O6/c1-16-30-20(28)15-21(31-16)33-9-11-34(12-10-33)23(37)7-13-41-14-8-29-18-4-2-3-17-24(18)27(40)35(26(17)39)19-5-6-22(36)32-25(19)38/h2-4,15,19,29H,5-14H2,1H3,(H2,28,30,31)(H,32,36,38). The second kappa shape index (κ2) is 11.9. The number of anilines is 3. The maximum Gasteiger partial charge on any atom is 0.264 e. The van der Waals surface area contributed by atoms with E-state index in [1.54, 1.807) is 36.1 Å². The van der Waals surface area contributed by atoms with Crippen LogP contribution in [0.2, 0.25) is 0 Å². The van der Waals surface area contributed by atoms with Gasteiger partial charge >= 0.3 is 0 Å². The third-order valence-corrected chi connectivity index (χ3v) is 7.29. The molecule has 5 amide bonds. The van der Waals surface area contributed by atoms with Crippen LogP contribution < -0.4 is 21.3 Å². The molecule has 14 nitrogen and oxygen atoms in total. The minimum atomic E-state index is -1.02. The van der Waals surface area contributed by atoms with Crippen LogP contribution in [0.25, 0.3) is 0 Å². The van der Waals surface area contributed by atoms with Gasteiger partial charge in [0.25, 0.3) is 11.8 Å². The number of amides is 5. The molecule has 1 unspecified atom stereocenters. The fourth-order valence-electron chi connectivity index (χ4n) is 5.26. The highest BCUT2D eigenvalue weighted by Crippen LogP contribution is 2.32. The molecule has 2 aromatic rings. The summed E-state index contributed by atoms with van der Waals surface area (Å²) in [5.41, 5.74) is 6.68. The van der Waals surface area contributed by atoms with Crippen LogP contribution in [0.1, 0.15) is 45.8 Å². The highest BCUT2D eigenvalue weighted by Gasteiger charge is 2.45. The highest BCUT2D eigenvalue weighted by atomic mass is 16.5. The Morgan fingerprint density at radius 2 is 1.88 bits per heavy atom. The van der Waals surface area contributed by atoms with E-state index in [0.717, 1.165) is 10.7 Å². The van der Waals surface area contributed by atoms with Crippen molar-refractivity contribution in [2.45, 2.75) is 32.2 Å². The molecule has 0 saturated carbocycles. The van der Waals surface area contributed by atoms with Gasteiger partial charge in [0.2, 0.25) is 17.7 Å². The molecule has 5 rings (SSSR count). The van der Waals surface area contributed by atoms with Crippen LogP contribution in [0.3, 0.4) is 0 Å². The first-order valence-corrected chi connectivity index (χ1v) is 13.5. The van der Waals surface area contributed by atoms with Gasteiger partial charge in [0, 0.05) is 50.9 Å². The van der Waals surface area contributed by atoms with Gasteiger partial charge in [-0.25, -0.2) is 9.97 Å². The number of ether oxygens (including phenoxy) is 1. The molecule has 0 radical (unpaired) electrons. The summed E-state index contributed by atoms with van der Waals surface area (Å²) in [7, 11) is 0. The maximum absolute atomic E-state index is 13.2. The van der Waals surface area contributed by atoms with E-state index >= 15 is 0 Å². The van der Waals surface area contributed by atoms with Crippen LogP contribution in [0.4, 0.5) is 17.3 Å². The van der Waals surface area contributed by atoms with E-state index in [1.807, 2.05) is 0 Å². The number of aryl methyl sites for hydroxylation is 1. The predicted octanol–water partition coefficient (Wildman–Crippen LogP) is -0.0642. The molecule has 41 heavy (non-hydrogen) atoms. The number of nitrogen functional groups attached to an aromatic ring is 1. The SMILES string of the molecule is Cc1nc(N)cc(N2CCN(C(=O)CCOCCNc3cccc4c3C(=O)N(C3CCC(=O)NC3=O)C4=O)CC2)n1. The average molecular weight is 565 g/mol. The summed E-state index contributed by atoms with van der Waals surface area (Å²) in [4.78, 5) is 75.9. The van der Waals surface area contributed by atoms with Gasteiger partial charge in [-0.2, -0.15) is 0 Å². The minimum Gasteiger partial charge on any atom is -0.384 e. The molecule has 0 spiro atoms. The smallest absolute Gasteiger partial charge is 0.264 e. The Bertz CT molecular complexity index is 1370. The van der Waals surface area contributed by atoms with Gasteiger partial charge in [-0.15, -0.1) is 0 Å². The largest absolute Gasteiger partial charge is 0.384 e. The molecule has 4 heterocycles. The highest BCUT2D eigenvalue weighted by molar-refractivity contribution is 6.25. The first-order chi connectivity index (χ1) is 19.7. The minimum absolute atomic E-state index is 0.00882. The summed E-state index contributed by atoms with van der Waals surface area (Å²) < 4.78 is 5.64. The Balaban J connectivity index is 1.05. The third kappa shape index (κ3) is 5.96. The zero-order chi connectivity index (χ0) is 29.1. The van der Waals surface area contributed by atoms with Crippen molar-refractivity contribution < 1.29 is 28.7 Å². The van der Waals surface area contributed by atoms with Crippen molar-refractivity contribution in [2.24, 2.45) is 0 Å². The summed E-state index contributed by atoms with van der Waals surface area (Å²) in [5, 5.41) is 5.31. The molecule has 0 bridgehead atoms. The van der Waals surface area contributed by atoms with Gasteiger partial charge < -0.3 is 25.6 Å². The quantitative estimate of drug-likeness (QED) is 0.274. The molecule has 14 heteroatoms. The normalized spacial score (nSPS) is 19.0. The lowest BCUT2D eigenvalue weighted by molar-refractivity contribution is -0.136. The fraction of sp³-hybridized carbons (Fsp3) is 0.444. The van der Waals surface area contributed by atoms with Crippen molar-refractivity contribution in [1.29, 1.82) is 0 Å². The zero-order valence-corrected chi connectivity index (χ0v) is 22.7. The third-order valence-electron chi connectivity index (χ3n) is 7.29. The van der Waals surface area contributed by atoms with Gasteiger partial charge in [-0.3, -0.25) is 34.2 Å². The van der Waals surface area contributed by atoms with Crippen molar-refractivity contribution in [3.8, 4) is 0 Å². The van der Waals surface area contributed by atoms with E-state index in [0.29, 0.717) is 50.1 Å². The summed E-state index contributed by atoms with van der Waals surface area (Å²) in [5.74, 6) is -0.413. The molecule has 3 aliphatic rings.